The molecule has 0 bridgehead atoms. The standard InChI is InChI=1S/C23H21ClN2O3/c1-3-29-17-11-9-16(10-12-17)26-22(18-6-4-5-7-19(18)23(26)27)25-15-8-13-21(28-2)20(24)14-15/h4-14,22,25H,3H2,1-2H3/t22-/m1/s1. The van der Waals surface area contributed by atoms with Crippen LogP contribution in [0.3, 0.4) is 0 Å². The lowest BCUT2D eigenvalue weighted by Crippen LogP contribution is -2.32. The molecule has 1 amide bonds. The third-order valence-corrected chi connectivity index (χ3v) is 5.14. The van der Waals surface area contributed by atoms with Crippen LogP contribution in [0.5, 0.6) is 11.5 Å². The summed E-state index contributed by atoms with van der Waals surface area (Å²) in [5.74, 6) is 1.32. The molecular weight excluding hydrogens is 388 g/mol. The maximum atomic E-state index is 13.2. The van der Waals surface area contributed by atoms with Crippen LogP contribution in [0.25, 0.3) is 0 Å². The molecule has 3 aromatic rings. The molecule has 1 aliphatic heterocycles. The van der Waals surface area contributed by atoms with Gasteiger partial charge in [0.15, 0.2) is 0 Å². The third-order valence-electron chi connectivity index (χ3n) is 4.84. The van der Waals surface area contributed by atoms with E-state index >= 15 is 0 Å². The average molecular weight is 409 g/mol. The number of ether oxygens (including phenoxy) is 2. The van der Waals surface area contributed by atoms with Crippen molar-refractivity contribution in [2.75, 3.05) is 23.9 Å². The van der Waals surface area contributed by atoms with Gasteiger partial charge in [0.1, 0.15) is 17.7 Å². The number of hydrogen-bond acceptors (Lipinski definition) is 4. The van der Waals surface area contributed by atoms with Crippen LogP contribution in [-0.2, 0) is 0 Å². The SMILES string of the molecule is CCOc1ccc(N2C(=O)c3ccccc3[C@@H]2Nc2ccc(OC)c(Cl)c2)cc1. The number of nitrogens with one attached hydrogen (secondary N) is 1. The largest absolute Gasteiger partial charge is 0.495 e. The van der Waals surface area contributed by atoms with Crippen LogP contribution in [0.1, 0.15) is 29.0 Å². The highest BCUT2D eigenvalue weighted by Crippen LogP contribution is 2.39. The summed E-state index contributed by atoms with van der Waals surface area (Å²) in [4.78, 5) is 14.9. The number of carbonyl (C=O) groups excluding carboxylic acids is 1. The highest BCUT2D eigenvalue weighted by atomic mass is 35.5. The molecule has 29 heavy (non-hydrogen) atoms. The van der Waals surface area contributed by atoms with E-state index in [9.17, 15) is 4.79 Å². The van der Waals surface area contributed by atoms with Gasteiger partial charge in [-0.25, -0.2) is 0 Å². The Hall–Kier alpha value is -3.18. The van der Waals surface area contributed by atoms with Crippen LogP contribution >= 0.6 is 11.6 Å². The summed E-state index contributed by atoms with van der Waals surface area (Å²) in [6.45, 7) is 2.53. The first kappa shape index (κ1) is 19.2. The van der Waals surface area contributed by atoms with E-state index in [-0.39, 0.29) is 12.1 Å². The minimum Gasteiger partial charge on any atom is -0.495 e. The zero-order valence-corrected chi connectivity index (χ0v) is 16.9. The van der Waals surface area contributed by atoms with Crippen molar-refractivity contribution in [2.45, 2.75) is 13.1 Å². The Kier molecular flexibility index (Phi) is 5.32. The van der Waals surface area contributed by atoms with Crippen molar-refractivity contribution in [1.82, 2.24) is 0 Å². The summed E-state index contributed by atoms with van der Waals surface area (Å²) < 4.78 is 10.8. The lowest BCUT2D eigenvalue weighted by atomic mass is 10.1. The fraction of sp³-hybridized carbons (Fsp3) is 0.174. The predicted octanol–water partition coefficient (Wildman–Crippen LogP) is 5.52. The molecule has 0 unspecified atom stereocenters. The van der Waals surface area contributed by atoms with Crippen molar-refractivity contribution in [3.8, 4) is 11.5 Å². The average Bonchev–Trinajstić information content (AvgIpc) is 3.01. The van der Waals surface area contributed by atoms with Gasteiger partial charge < -0.3 is 14.8 Å². The Morgan fingerprint density at radius 3 is 2.52 bits per heavy atom. The number of benzene rings is 3. The quantitative estimate of drug-likeness (QED) is 0.583. The molecule has 1 aliphatic rings. The van der Waals surface area contributed by atoms with E-state index in [1.165, 1.54) is 0 Å². The molecule has 0 spiro atoms. The number of rotatable bonds is 6. The number of nitrogens with zero attached hydrogens (tertiary/aromatic N) is 1. The minimum absolute atomic E-state index is 0.0538. The number of carbonyl (C=O) groups is 1. The molecular formula is C23H21ClN2O3. The summed E-state index contributed by atoms with van der Waals surface area (Å²) in [5, 5.41) is 3.94. The Morgan fingerprint density at radius 2 is 1.83 bits per heavy atom. The molecule has 1 N–H and O–H groups in total. The van der Waals surface area contributed by atoms with Gasteiger partial charge in [-0.2, -0.15) is 0 Å². The minimum atomic E-state index is -0.360. The smallest absolute Gasteiger partial charge is 0.260 e. The summed E-state index contributed by atoms with van der Waals surface area (Å²) >= 11 is 6.28. The fourth-order valence-electron chi connectivity index (χ4n) is 3.51. The number of halogens is 1. The van der Waals surface area contributed by atoms with Crippen LogP contribution in [-0.4, -0.2) is 19.6 Å². The molecule has 0 saturated carbocycles. The number of anilines is 2. The van der Waals surface area contributed by atoms with Crippen molar-refractivity contribution in [2.24, 2.45) is 0 Å². The molecule has 6 heteroatoms. The van der Waals surface area contributed by atoms with Gasteiger partial charge in [-0.15, -0.1) is 0 Å². The van der Waals surface area contributed by atoms with Crippen LogP contribution < -0.4 is 19.7 Å². The fourth-order valence-corrected chi connectivity index (χ4v) is 3.77. The zero-order valence-electron chi connectivity index (χ0n) is 16.2. The second-order valence-corrected chi connectivity index (χ2v) is 6.99. The number of fused-ring (bicyclic) bond motifs is 1. The van der Waals surface area contributed by atoms with Gasteiger partial charge in [-0.3, -0.25) is 9.69 Å². The van der Waals surface area contributed by atoms with Gasteiger partial charge in [0, 0.05) is 22.5 Å². The summed E-state index contributed by atoms with van der Waals surface area (Å²) in [7, 11) is 1.58. The highest BCUT2D eigenvalue weighted by molar-refractivity contribution is 6.32. The zero-order chi connectivity index (χ0) is 20.4. The molecule has 0 fully saturated rings. The van der Waals surface area contributed by atoms with Crippen LogP contribution in [0.2, 0.25) is 5.02 Å². The second kappa shape index (κ2) is 8.05. The third kappa shape index (κ3) is 3.61. The molecule has 0 radical (unpaired) electrons. The Labute approximate surface area is 174 Å². The normalized spacial score (nSPS) is 15.2. The first-order valence-corrected chi connectivity index (χ1v) is 9.75. The van der Waals surface area contributed by atoms with Gasteiger partial charge >= 0.3 is 0 Å². The number of amides is 1. The van der Waals surface area contributed by atoms with E-state index in [1.54, 1.807) is 24.1 Å². The molecule has 3 aromatic carbocycles. The van der Waals surface area contributed by atoms with E-state index < -0.39 is 0 Å². The first-order chi connectivity index (χ1) is 14.1. The molecule has 0 aliphatic carbocycles. The summed E-state index contributed by atoms with van der Waals surface area (Å²) in [6.07, 6.45) is -0.360. The molecule has 5 nitrogen and oxygen atoms in total. The maximum Gasteiger partial charge on any atom is 0.260 e. The maximum absolute atomic E-state index is 13.2. The van der Waals surface area contributed by atoms with E-state index in [4.69, 9.17) is 21.1 Å². The van der Waals surface area contributed by atoms with E-state index in [0.29, 0.717) is 22.9 Å². The Balaban J connectivity index is 1.71. The van der Waals surface area contributed by atoms with Crippen molar-refractivity contribution >= 4 is 28.9 Å². The topological polar surface area (TPSA) is 50.8 Å². The molecule has 1 atom stereocenters. The summed E-state index contributed by atoms with van der Waals surface area (Å²) in [5.41, 5.74) is 3.17. The number of hydrogen-bond donors (Lipinski definition) is 1. The van der Waals surface area contributed by atoms with Crippen LogP contribution in [0, 0.1) is 0 Å². The van der Waals surface area contributed by atoms with Gasteiger partial charge in [0.2, 0.25) is 0 Å². The van der Waals surface area contributed by atoms with Crippen LogP contribution in [0.15, 0.2) is 66.7 Å². The van der Waals surface area contributed by atoms with Crippen molar-refractivity contribution < 1.29 is 14.3 Å². The molecule has 1 heterocycles. The van der Waals surface area contributed by atoms with Gasteiger partial charge in [0.25, 0.3) is 5.91 Å². The van der Waals surface area contributed by atoms with Gasteiger partial charge in [0.05, 0.1) is 18.7 Å². The van der Waals surface area contributed by atoms with Gasteiger partial charge in [-0.05, 0) is 55.5 Å². The first-order valence-electron chi connectivity index (χ1n) is 9.37. The monoisotopic (exact) mass is 408 g/mol. The molecule has 0 aromatic heterocycles. The summed E-state index contributed by atoms with van der Waals surface area (Å²) in [6, 6.07) is 20.6. The second-order valence-electron chi connectivity index (χ2n) is 6.59. The molecule has 0 saturated heterocycles. The number of methoxy groups -OCH3 is 1. The highest BCUT2D eigenvalue weighted by Gasteiger charge is 2.37. The lowest BCUT2D eigenvalue weighted by Gasteiger charge is -2.27. The van der Waals surface area contributed by atoms with Crippen molar-refractivity contribution in [1.29, 1.82) is 0 Å². The van der Waals surface area contributed by atoms with E-state index in [1.807, 2.05) is 61.5 Å². The Bertz CT molecular complexity index is 1040. The molecule has 148 valence electrons. The van der Waals surface area contributed by atoms with Crippen molar-refractivity contribution in [3.63, 3.8) is 0 Å². The molecule has 4 rings (SSSR count). The Morgan fingerprint density at radius 1 is 1.07 bits per heavy atom. The van der Waals surface area contributed by atoms with E-state index in [0.717, 1.165) is 22.7 Å². The predicted molar refractivity (Wildman–Crippen MR) is 115 cm³/mol. The lowest BCUT2D eigenvalue weighted by molar-refractivity contribution is 0.0993. The van der Waals surface area contributed by atoms with E-state index in [2.05, 4.69) is 5.32 Å². The van der Waals surface area contributed by atoms with Crippen molar-refractivity contribution in [3.05, 3.63) is 82.9 Å². The van der Waals surface area contributed by atoms with Gasteiger partial charge in [-0.1, -0.05) is 29.8 Å². The van der Waals surface area contributed by atoms with Crippen LogP contribution in [0.4, 0.5) is 11.4 Å².